The van der Waals surface area contributed by atoms with Crippen molar-refractivity contribution in [3.05, 3.63) is 92.5 Å². The van der Waals surface area contributed by atoms with Gasteiger partial charge in [-0.15, -0.1) is 0 Å². The van der Waals surface area contributed by atoms with E-state index in [1.807, 2.05) is 49.1 Å². The maximum Gasteiger partial charge on any atom is 0.269 e. The summed E-state index contributed by atoms with van der Waals surface area (Å²) in [5.74, 6) is 1.62. The van der Waals surface area contributed by atoms with Gasteiger partial charge in [-0.25, -0.2) is 0 Å². The summed E-state index contributed by atoms with van der Waals surface area (Å²) in [7, 11) is 3.17. The highest BCUT2D eigenvalue weighted by Gasteiger charge is 2.33. The Hall–Kier alpha value is -4.07. The highest BCUT2D eigenvalue weighted by molar-refractivity contribution is 5.95. The van der Waals surface area contributed by atoms with Crippen molar-refractivity contribution in [1.82, 2.24) is 4.90 Å². The van der Waals surface area contributed by atoms with Crippen LogP contribution >= 0.6 is 0 Å². The minimum Gasteiger partial charge on any atom is -0.493 e. The predicted octanol–water partition coefficient (Wildman–Crippen LogP) is 5.05. The number of carbonyl (C=O) groups is 1. The molecule has 0 saturated carbocycles. The molecule has 0 N–H and O–H groups in total. The molecule has 1 heterocycles. The third-order valence-corrected chi connectivity index (χ3v) is 6.47. The number of fused-ring (bicyclic) bond motifs is 1. The number of nitro groups is 1. The summed E-state index contributed by atoms with van der Waals surface area (Å²) in [6, 6.07) is 15.1. The van der Waals surface area contributed by atoms with Crippen molar-refractivity contribution < 1.29 is 23.9 Å². The van der Waals surface area contributed by atoms with E-state index in [4.69, 9.17) is 14.2 Å². The first-order valence-electron chi connectivity index (χ1n) is 11.3. The van der Waals surface area contributed by atoms with E-state index in [-0.39, 0.29) is 24.2 Å². The zero-order valence-corrected chi connectivity index (χ0v) is 20.2. The van der Waals surface area contributed by atoms with Crippen LogP contribution in [0.2, 0.25) is 0 Å². The molecule has 1 amide bonds. The number of aryl methyl sites for hydroxylation is 2. The number of ether oxygens (including phenoxy) is 3. The first kappa shape index (κ1) is 24.1. The highest BCUT2D eigenvalue weighted by atomic mass is 16.6. The smallest absolute Gasteiger partial charge is 0.269 e. The van der Waals surface area contributed by atoms with Gasteiger partial charge in [0.05, 0.1) is 25.2 Å². The number of carbonyl (C=O) groups excluding carboxylic acids is 1. The lowest BCUT2D eigenvalue weighted by atomic mass is 9.91. The number of amides is 1. The topological polar surface area (TPSA) is 91.1 Å². The molecule has 1 aliphatic heterocycles. The molecule has 3 aromatic carbocycles. The Kier molecular flexibility index (Phi) is 6.91. The zero-order chi connectivity index (χ0) is 25.1. The summed E-state index contributed by atoms with van der Waals surface area (Å²) in [5.41, 5.74) is 4.77. The Labute approximate surface area is 204 Å². The van der Waals surface area contributed by atoms with Crippen molar-refractivity contribution in [2.24, 2.45) is 0 Å². The summed E-state index contributed by atoms with van der Waals surface area (Å²) in [5, 5.41) is 11.0. The second kappa shape index (κ2) is 10.0. The van der Waals surface area contributed by atoms with Crippen LogP contribution < -0.4 is 14.2 Å². The van der Waals surface area contributed by atoms with Crippen LogP contribution in [0.5, 0.6) is 17.2 Å². The van der Waals surface area contributed by atoms with E-state index < -0.39 is 4.92 Å². The fourth-order valence-electron chi connectivity index (χ4n) is 4.33. The zero-order valence-electron chi connectivity index (χ0n) is 20.2. The fraction of sp³-hybridized carbons (Fsp3) is 0.296. The molecular weight excluding hydrogens is 448 g/mol. The summed E-state index contributed by atoms with van der Waals surface area (Å²) in [4.78, 5) is 26.0. The largest absolute Gasteiger partial charge is 0.493 e. The van der Waals surface area contributed by atoms with E-state index in [1.165, 1.54) is 12.1 Å². The summed E-state index contributed by atoms with van der Waals surface area (Å²) < 4.78 is 17.0. The van der Waals surface area contributed by atoms with Crippen molar-refractivity contribution in [1.29, 1.82) is 0 Å². The second-order valence-corrected chi connectivity index (χ2v) is 8.53. The molecule has 8 nitrogen and oxygen atoms in total. The van der Waals surface area contributed by atoms with Crippen LogP contribution in [-0.4, -0.2) is 43.1 Å². The maximum absolute atomic E-state index is 13.6. The van der Waals surface area contributed by atoms with E-state index >= 15 is 0 Å². The van der Waals surface area contributed by atoms with Gasteiger partial charge in [-0.2, -0.15) is 0 Å². The third kappa shape index (κ3) is 4.91. The number of methoxy groups -OCH3 is 2. The first-order chi connectivity index (χ1) is 16.8. The van der Waals surface area contributed by atoms with Gasteiger partial charge >= 0.3 is 0 Å². The Morgan fingerprint density at radius 1 is 1.00 bits per heavy atom. The minimum atomic E-state index is -0.454. The fourth-order valence-corrected chi connectivity index (χ4v) is 4.33. The highest BCUT2D eigenvalue weighted by Crippen LogP contribution is 2.39. The number of benzene rings is 3. The molecule has 4 rings (SSSR count). The molecule has 1 atom stereocenters. The second-order valence-electron chi connectivity index (χ2n) is 8.53. The summed E-state index contributed by atoms with van der Waals surface area (Å²) >= 11 is 0. The molecule has 0 aromatic heterocycles. The molecule has 3 aromatic rings. The molecule has 0 unspecified atom stereocenters. The van der Waals surface area contributed by atoms with Gasteiger partial charge in [-0.1, -0.05) is 6.07 Å². The lowest BCUT2D eigenvalue weighted by Gasteiger charge is -2.37. The Morgan fingerprint density at radius 2 is 1.69 bits per heavy atom. The van der Waals surface area contributed by atoms with E-state index in [2.05, 4.69) is 0 Å². The van der Waals surface area contributed by atoms with E-state index in [1.54, 1.807) is 26.4 Å². The van der Waals surface area contributed by atoms with Gasteiger partial charge in [0, 0.05) is 24.2 Å². The molecule has 0 fully saturated rings. The molecule has 0 radical (unpaired) electrons. The average Bonchev–Trinajstić information content (AvgIpc) is 2.87. The van der Waals surface area contributed by atoms with Gasteiger partial charge in [-0.05, 0) is 78.9 Å². The number of hydrogen-bond donors (Lipinski definition) is 0. The van der Waals surface area contributed by atoms with Crippen LogP contribution in [0.4, 0.5) is 5.69 Å². The average molecular weight is 477 g/mol. The summed E-state index contributed by atoms with van der Waals surface area (Å²) in [6.07, 6.45) is 0.667. The molecule has 0 aliphatic carbocycles. The van der Waals surface area contributed by atoms with Crippen LogP contribution in [-0.2, 0) is 6.42 Å². The molecule has 0 saturated heterocycles. The van der Waals surface area contributed by atoms with E-state index in [9.17, 15) is 14.9 Å². The molecule has 0 spiro atoms. The standard InChI is InChI=1S/C27H28N2O6/c1-17-5-6-20(13-18(17)2)27(30)28-12-11-19-14-25(33-3)26(34-4)15-23(19)24(28)16-35-22-9-7-21(8-10-22)29(31)32/h5-10,13-15,24H,11-12,16H2,1-4H3/t24-/m1/s1. The quantitative estimate of drug-likeness (QED) is 0.350. The third-order valence-electron chi connectivity index (χ3n) is 6.47. The monoisotopic (exact) mass is 476 g/mol. The van der Waals surface area contributed by atoms with Crippen LogP contribution in [0.1, 0.15) is 38.7 Å². The Bertz CT molecular complexity index is 1260. The molecule has 35 heavy (non-hydrogen) atoms. The van der Waals surface area contributed by atoms with Crippen molar-refractivity contribution in [2.75, 3.05) is 27.4 Å². The minimum absolute atomic E-state index is 0.0104. The number of nitro benzene ring substituents is 1. The number of nitrogens with zero attached hydrogens (tertiary/aromatic N) is 2. The SMILES string of the molecule is COc1cc2c(cc1OC)[C@@H](COc1ccc([N+](=O)[O-])cc1)N(C(=O)c1ccc(C)c(C)c1)CC2. The van der Waals surface area contributed by atoms with Crippen molar-refractivity contribution in [3.63, 3.8) is 0 Å². The molecular formula is C27H28N2O6. The van der Waals surface area contributed by atoms with Crippen molar-refractivity contribution in [3.8, 4) is 17.2 Å². The van der Waals surface area contributed by atoms with Gasteiger partial charge in [-0.3, -0.25) is 14.9 Å². The van der Waals surface area contributed by atoms with Crippen LogP contribution in [0.25, 0.3) is 0 Å². The maximum atomic E-state index is 13.6. The van der Waals surface area contributed by atoms with Gasteiger partial charge in [0.1, 0.15) is 12.4 Å². The first-order valence-corrected chi connectivity index (χ1v) is 11.3. The van der Waals surface area contributed by atoms with E-state index in [0.717, 1.165) is 22.3 Å². The van der Waals surface area contributed by atoms with Crippen molar-refractivity contribution >= 4 is 11.6 Å². The van der Waals surface area contributed by atoms with Crippen LogP contribution in [0.15, 0.2) is 54.6 Å². The molecule has 8 heteroatoms. The lowest BCUT2D eigenvalue weighted by molar-refractivity contribution is -0.384. The van der Waals surface area contributed by atoms with Gasteiger partial charge in [0.25, 0.3) is 11.6 Å². The van der Waals surface area contributed by atoms with Crippen molar-refractivity contribution in [2.45, 2.75) is 26.3 Å². The Morgan fingerprint density at radius 3 is 2.31 bits per heavy atom. The predicted molar refractivity (Wildman–Crippen MR) is 132 cm³/mol. The lowest BCUT2D eigenvalue weighted by Crippen LogP contribution is -2.42. The normalized spacial score (nSPS) is 14.7. The van der Waals surface area contributed by atoms with Gasteiger partial charge < -0.3 is 19.1 Å². The van der Waals surface area contributed by atoms with Crippen LogP contribution in [0, 0.1) is 24.0 Å². The van der Waals surface area contributed by atoms with Gasteiger partial charge in [0.2, 0.25) is 0 Å². The van der Waals surface area contributed by atoms with E-state index in [0.29, 0.717) is 35.8 Å². The number of rotatable bonds is 7. The molecule has 182 valence electrons. The molecule has 0 bridgehead atoms. The molecule has 1 aliphatic rings. The number of hydrogen-bond acceptors (Lipinski definition) is 6. The Balaban J connectivity index is 1.69. The summed E-state index contributed by atoms with van der Waals surface area (Å²) in [6.45, 7) is 4.70. The number of non-ortho nitro benzene ring substituents is 1. The van der Waals surface area contributed by atoms with Crippen LogP contribution in [0.3, 0.4) is 0 Å². The van der Waals surface area contributed by atoms with Gasteiger partial charge in [0.15, 0.2) is 11.5 Å².